The fraction of sp³-hybridized carbons (Fsp3) is 0.706. The smallest absolute Gasteiger partial charge is 0.158 e. The van der Waals surface area contributed by atoms with Gasteiger partial charge in [-0.2, -0.15) is 5.10 Å². The molecule has 0 amide bonds. The first-order valence-electron chi connectivity index (χ1n) is 8.77. The SMILES string of the molecule is CCN1CCN(c2nc(C(C)C)nc3c(C)nn(CC)c23)CC1. The molecular weight excluding hydrogens is 288 g/mol. The summed E-state index contributed by atoms with van der Waals surface area (Å²) in [5, 5.41) is 4.67. The van der Waals surface area contributed by atoms with Crippen molar-refractivity contribution in [2.45, 2.75) is 47.1 Å². The molecule has 0 atom stereocenters. The highest BCUT2D eigenvalue weighted by Gasteiger charge is 2.24. The van der Waals surface area contributed by atoms with E-state index in [9.17, 15) is 0 Å². The van der Waals surface area contributed by atoms with Crippen LogP contribution >= 0.6 is 0 Å². The highest BCUT2D eigenvalue weighted by molar-refractivity contribution is 5.88. The molecular formula is C17H28N6. The van der Waals surface area contributed by atoms with Crippen molar-refractivity contribution in [1.29, 1.82) is 0 Å². The van der Waals surface area contributed by atoms with Crippen LogP contribution in [-0.4, -0.2) is 57.4 Å². The number of rotatable bonds is 4. The molecule has 0 aliphatic carbocycles. The highest BCUT2D eigenvalue weighted by atomic mass is 15.3. The number of hydrogen-bond acceptors (Lipinski definition) is 5. The average Bonchev–Trinajstić information content (AvgIpc) is 2.90. The van der Waals surface area contributed by atoms with Crippen molar-refractivity contribution in [3.63, 3.8) is 0 Å². The van der Waals surface area contributed by atoms with Gasteiger partial charge in [0.2, 0.25) is 0 Å². The summed E-state index contributed by atoms with van der Waals surface area (Å²) in [6.07, 6.45) is 0. The largest absolute Gasteiger partial charge is 0.352 e. The summed E-state index contributed by atoms with van der Waals surface area (Å²) in [5.74, 6) is 2.31. The molecule has 3 rings (SSSR count). The van der Waals surface area contributed by atoms with E-state index in [2.05, 4.69) is 47.3 Å². The lowest BCUT2D eigenvalue weighted by molar-refractivity contribution is 0.270. The van der Waals surface area contributed by atoms with Crippen molar-refractivity contribution in [3.05, 3.63) is 11.5 Å². The van der Waals surface area contributed by atoms with E-state index in [1.165, 1.54) is 0 Å². The quantitative estimate of drug-likeness (QED) is 0.867. The Morgan fingerprint density at radius 1 is 1.00 bits per heavy atom. The normalized spacial score (nSPS) is 16.7. The van der Waals surface area contributed by atoms with E-state index in [0.29, 0.717) is 5.92 Å². The van der Waals surface area contributed by atoms with Crippen LogP contribution in [-0.2, 0) is 6.54 Å². The fourth-order valence-corrected chi connectivity index (χ4v) is 3.21. The third-order valence-corrected chi connectivity index (χ3v) is 4.69. The molecule has 0 radical (unpaired) electrons. The molecule has 126 valence electrons. The van der Waals surface area contributed by atoms with Gasteiger partial charge in [0, 0.05) is 38.6 Å². The Morgan fingerprint density at radius 3 is 2.26 bits per heavy atom. The molecule has 2 aromatic heterocycles. The number of nitrogens with zero attached hydrogens (tertiary/aromatic N) is 6. The predicted octanol–water partition coefficient (Wildman–Crippen LogP) is 2.42. The summed E-state index contributed by atoms with van der Waals surface area (Å²) in [6, 6.07) is 0. The molecule has 2 aromatic rings. The Labute approximate surface area is 138 Å². The second-order valence-electron chi connectivity index (χ2n) is 6.58. The maximum absolute atomic E-state index is 4.93. The molecule has 1 aliphatic heterocycles. The number of anilines is 1. The summed E-state index contributed by atoms with van der Waals surface area (Å²) in [7, 11) is 0. The van der Waals surface area contributed by atoms with Crippen molar-refractivity contribution < 1.29 is 0 Å². The summed E-state index contributed by atoms with van der Waals surface area (Å²) >= 11 is 0. The number of likely N-dealkylation sites (N-methyl/N-ethyl adjacent to an activating group) is 1. The van der Waals surface area contributed by atoms with Crippen LogP contribution in [0.15, 0.2) is 0 Å². The molecule has 1 aliphatic rings. The van der Waals surface area contributed by atoms with Gasteiger partial charge in [0.1, 0.15) is 16.9 Å². The Bertz CT molecular complexity index is 682. The van der Waals surface area contributed by atoms with Crippen molar-refractivity contribution in [3.8, 4) is 0 Å². The van der Waals surface area contributed by atoms with Gasteiger partial charge in [-0.1, -0.05) is 20.8 Å². The molecule has 0 saturated carbocycles. The first kappa shape index (κ1) is 16.2. The van der Waals surface area contributed by atoms with E-state index in [1.807, 2.05) is 6.92 Å². The molecule has 0 aromatic carbocycles. The van der Waals surface area contributed by atoms with Crippen molar-refractivity contribution in [2.24, 2.45) is 0 Å². The molecule has 0 spiro atoms. The van der Waals surface area contributed by atoms with E-state index in [0.717, 1.165) is 67.6 Å². The zero-order valence-electron chi connectivity index (χ0n) is 15.0. The lowest BCUT2D eigenvalue weighted by Gasteiger charge is -2.35. The first-order chi connectivity index (χ1) is 11.0. The molecule has 0 bridgehead atoms. The van der Waals surface area contributed by atoms with Crippen LogP contribution in [0.4, 0.5) is 5.82 Å². The summed E-state index contributed by atoms with van der Waals surface area (Å²) in [5.41, 5.74) is 3.11. The fourth-order valence-electron chi connectivity index (χ4n) is 3.21. The lowest BCUT2D eigenvalue weighted by Crippen LogP contribution is -2.46. The molecule has 0 N–H and O–H groups in total. The highest BCUT2D eigenvalue weighted by Crippen LogP contribution is 2.28. The third-order valence-electron chi connectivity index (χ3n) is 4.69. The molecule has 1 saturated heterocycles. The Balaban J connectivity index is 2.10. The van der Waals surface area contributed by atoms with Crippen LogP contribution in [0.2, 0.25) is 0 Å². The lowest BCUT2D eigenvalue weighted by atomic mass is 10.2. The first-order valence-corrected chi connectivity index (χ1v) is 8.77. The standard InChI is InChI=1S/C17H28N6/c1-6-21-8-10-22(11-9-21)17-15-14(13(5)20-23(15)7-2)18-16(19-17)12(3)4/h12H,6-11H2,1-5H3. The van der Waals surface area contributed by atoms with E-state index in [-0.39, 0.29) is 0 Å². The molecule has 23 heavy (non-hydrogen) atoms. The van der Waals surface area contributed by atoms with Crippen molar-refractivity contribution in [1.82, 2.24) is 24.6 Å². The van der Waals surface area contributed by atoms with Gasteiger partial charge in [0.05, 0.1) is 5.69 Å². The van der Waals surface area contributed by atoms with Crippen LogP contribution in [0, 0.1) is 6.92 Å². The van der Waals surface area contributed by atoms with E-state index in [4.69, 9.17) is 9.97 Å². The van der Waals surface area contributed by atoms with E-state index in [1.54, 1.807) is 0 Å². The zero-order chi connectivity index (χ0) is 16.6. The van der Waals surface area contributed by atoms with Gasteiger partial charge in [-0.05, 0) is 20.4 Å². The second-order valence-corrected chi connectivity index (χ2v) is 6.58. The van der Waals surface area contributed by atoms with E-state index < -0.39 is 0 Å². The van der Waals surface area contributed by atoms with Gasteiger partial charge in [0.25, 0.3) is 0 Å². The molecule has 6 heteroatoms. The third kappa shape index (κ3) is 2.92. The summed E-state index contributed by atoms with van der Waals surface area (Å²) < 4.78 is 2.05. The minimum Gasteiger partial charge on any atom is -0.352 e. The zero-order valence-corrected chi connectivity index (χ0v) is 15.0. The molecule has 1 fully saturated rings. The minimum atomic E-state index is 0.319. The average molecular weight is 316 g/mol. The number of aromatic nitrogens is 4. The maximum Gasteiger partial charge on any atom is 0.158 e. The minimum absolute atomic E-state index is 0.319. The van der Waals surface area contributed by atoms with Gasteiger partial charge in [-0.3, -0.25) is 4.68 Å². The number of hydrogen-bond donors (Lipinski definition) is 0. The van der Waals surface area contributed by atoms with Crippen LogP contribution in [0.5, 0.6) is 0 Å². The van der Waals surface area contributed by atoms with Gasteiger partial charge >= 0.3 is 0 Å². The van der Waals surface area contributed by atoms with Crippen molar-refractivity contribution >= 4 is 16.9 Å². The van der Waals surface area contributed by atoms with Gasteiger partial charge in [-0.15, -0.1) is 0 Å². The van der Waals surface area contributed by atoms with Gasteiger partial charge in [-0.25, -0.2) is 9.97 Å². The van der Waals surface area contributed by atoms with Crippen molar-refractivity contribution in [2.75, 3.05) is 37.6 Å². The maximum atomic E-state index is 4.93. The Hall–Kier alpha value is -1.69. The summed E-state index contributed by atoms with van der Waals surface area (Å²) in [6.45, 7) is 16.9. The Morgan fingerprint density at radius 2 is 1.70 bits per heavy atom. The van der Waals surface area contributed by atoms with Crippen LogP contribution in [0.1, 0.15) is 45.1 Å². The van der Waals surface area contributed by atoms with Gasteiger partial charge < -0.3 is 9.80 Å². The van der Waals surface area contributed by atoms with Crippen LogP contribution < -0.4 is 4.90 Å². The molecule has 3 heterocycles. The molecule has 6 nitrogen and oxygen atoms in total. The number of piperazine rings is 1. The summed E-state index contributed by atoms with van der Waals surface area (Å²) in [4.78, 5) is 14.6. The number of aryl methyl sites for hydroxylation is 2. The monoisotopic (exact) mass is 316 g/mol. The predicted molar refractivity (Wildman–Crippen MR) is 94.2 cm³/mol. The van der Waals surface area contributed by atoms with Crippen LogP contribution in [0.3, 0.4) is 0 Å². The topological polar surface area (TPSA) is 50.1 Å². The number of fused-ring (bicyclic) bond motifs is 1. The molecule has 0 unspecified atom stereocenters. The van der Waals surface area contributed by atoms with Crippen LogP contribution in [0.25, 0.3) is 11.0 Å². The Kier molecular flexibility index (Phi) is 4.53. The van der Waals surface area contributed by atoms with E-state index >= 15 is 0 Å². The second kappa shape index (κ2) is 6.43. The van der Waals surface area contributed by atoms with Gasteiger partial charge in [0.15, 0.2) is 5.82 Å².